The lowest BCUT2D eigenvalue weighted by Gasteiger charge is -2.38. The lowest BCUT2D eigenvalue weighted by molar-refractivity contribution is -0.134. The molecule has 166 valence electrons. The molecule has 1 aliphatic heterocycles. The van der Waals surface area contributed by atoms with Gasteiger partial charge in [0.25, 0.3) is 0 Å². The molecule has 0 aromatic heterocycles. The third-order valence-electron chi connectivity index (χ3n) is 6.56. The number of piperidine rings is 1. The van der Waals surface area contributed by atoms with E-state index in [0.717, 1.165) is 18.4 Å². The van der Waals surface area contributed by atoms with Crippen molar-refractivity contribution >= 4 is 5.91 Å². The summed E-state index contributed by atoms with van der Waals surface area (Å²) in [5, 5.41) is 20.1. The van der Waals surface area contributed by atoms with Gasteiger partial charge in [0.2, 0.25) is 5.91 Å². The Morgan fingerprint density at radius 3 is 2.17 bits per heavy atom. The highest BCUT2D eigenvalue weighted by molar-refractivity contribution is 5.76. The molecule has 1 amide bonds. The number of hydrogen-bond acceptors (Lipinski definition) is 3. The number of hydrogen-bond donors (Lipinski definition) is 1. The molecule has 0 radical (unpaired) electrons. The van der Waals surface area contributed by atoms with Crippen molar-refractivity contribution in [1.82, 2.24) is 4.90 Å². The van der Waals surface area contributed by atoms with Gasteiger partial charge in [0.1, 0.15) is 0 Å². The predicted molar refractivity (Wildman–Crippen MR) is 122 cm³/mol. The second-order valence-electron chi connectivity index (χ2n) is 8.92. The van der Waals surface area contributed by atoms with Crippen LogP contribution in [0.4, 0.5) is 0 Å². The monoisotopic (exact) mass is 412 g/mol. The van der Waals surface area contributed by atoms with Crippen molar-refractivity contribution in [2.24, 2.45) is 0 Å². The first-order valence-electron chi connectivity index (χ1n) is 12.0. The highest BCUT2D eigenvalue weighted by atomic mass is 16.3. The van der Waals surface area contributed by atoms with Gasteiger partial charge < -0.3 is 10.0 Å². The first kappa shape index (κ1) is 24.4. The van der Waals surface area contributed by atoms with Crippen LogP contribution >= 0.6 is 0 Å². The van der Waals surface area contributed by atoms with Crippen LogP contribution in [0.1, 0.15) is 96.0 Å². The van der Waals surface area contributed by atoms with Gasteiger partial charge in [-0.3, -0.25) is 4.79 Å². The summed E-state index contributed by atoms with van der Waals surface area (Å²) in [7, 11) is 0. The topological polar surface area (TPSA) is 64.3 Å². The molecule has 1 aromatic rings. The van der Waals surface area contributed by atoms with E-state index in [4.69, 9.17) is 0 Å². The first-order valence-corrected chi connectivity index (χ1v) is 12.0. The van der Waals surface area contributed by atoms with E-state index in [0.29, 0.717) is 32.4 Å². The van der Waals surface area contributed by atoms with Crippen LogP contribution in [0, 0.1) is 11.3 Å². The third kappa shape index (κ3) is 7.76. The lowest BCUT2D eigenvalue weighted by atomic mass is 9.74. The smallest absolute Gasteiger partial charge is 0.225 e. The van der Waals surface area contributed by atoms with Gasteiger partial charge >= 0.3 is 0 Å². The summed E-state index contributed by atoms with van der Waals surface area (Å²) in [4.78, 5) is 14.4. The summed E-state index contributed by atoms with van der Waals surface area (Å²) in [5.74, 6) is 0.0259. The fourth-order valence-electron chi connectivity index (χ4n) is 4.48. The maximum atomic E-state index is 12.6. The lowest BCUT2D eigenvalue weighted by Crippen LogP contribution is -2.45. The average molecular weight is 413 g/mol. The van der Waals surface area contributed by atoms with E-state index >= 15 is 0 Å². The van der Waals surface area contributed by atoms with Crippen molar-refractivity contribution < 1.29 is 9.90 Å². The van der Waals surface area contributed by atoms with Crippen LogP contribution in [0.3, 0.4) is 0 Å². The molecule has 1 saturated heterocycles. The Balaban J connectivity index is 1.62. The predicted octanol–water partition coefficient (Wildman–Crippen LogP) is 5.74. The van der Waals surface area contributed by atoms with Gasteiger partial charge in [0.15, 0.2) is 0 Å². The Morgan fingerprint density at radius 2 is 1.60 bits per heavy atom. The minimum absolute atomic E-state index is 0.0259. The second-order valence-corrected chi connectivity index (χ2v) is 8.92. The molecule has 4 nitrogen and oxygen atoms in total. The summed E-state index contributed by atoms with van der Waals surface area (Å²) in [5.41, 5.74) is 0.553. The van der Waals surface area contributed by atoms with E-state index in [1.807, 2.05) is 35.2 Å². The van der Waals surface area contributed by atoms with E-state index in [1.54, 1.807) is 0 Å². The van der Waals surface area contributed by atoms with E-state index in [1.165, 1.54) is 44.9 Å². The van der Waals surface area contributed by atoms with Gasteiger partial charge in [0.05, 0.1) is 24.0 Å². The van der Waals surface area contributed by atoms with Crippen LogP contribution in [0.2, 0.25) is 0 Å². The molecule has 1 N–H and O–H groups in total. The molecule has 30 heavy (non-hydrogen) atoms. The maximum absolute atomic E-state index is 12.6. The van der Waals surface area contributed by atoms with Gasteiger partial charge in [-0.05, 0) is 24.8 Å². The van der Waals surface area contributed by atoms with Crippen molar-refractivity contribution in [3.63, 3.8) is 0 Å². The third-order valence-corrected chi connectivity index (χ3v) is 6.56. The van der Waals surface area contributed by atoms with E-state index in [2.05, 4.69) is 13.0 Å². The molecule has 1 unspecified atom stereocenters. The Bertz CT molecular complexity index is 645. The summed E-state index contributed by atoms with van der Waals surface area (Å²) in [6, 6.07) is 12.4. The first-order chi connectivity index (χ1) is 14.6. The van der Waals surface area contributed by atoms with Gasteiger partial charge in [-0.25, -0.2) is 0 Å². The molecule has 1 aromatic carbocycles. The van der Waals surface area contributed by atoms with E-state index in [-0.39, 0.29) is 12.3 Å². The van der Waals surface area contributed by atoms with Crippen molar-refractivity contribution in [1.29, 1.82) is 5.26 Å². The zero-order chi connectivity index (χ0) is 21.7. The molecule has 1 aliphatic rings. The molecule has 0 bridgehead atoms. The number of amides is 1. The molecule has 1 heterocycles. The number of unbranched alkanes of at least 4 members (excludes halogenated alkanes) is 8. The maximum Gasteiger partial charge on any atom is 0.225 e. The standard InChI is InChI=1S/C26H40N2O2/c1-2-3-4-5-6-7-8-9-13-16-24(29)21-25(30)28-19-17-26(22-27,18-20-28)23-14-11-10-12-15-23/h10-12,14-15,24,29H,2-9,13,16-21H2,1H3. The largest absolute Gasteiger partial charge is 0.393 e. The molecule has 1 fully saturated rings. The number of carbonyl (C=O) groups excluding carboxylic acids is 1. The summed E-state index contributed by atoms with van der Waals surface area (Å²) in [6.45, 7) is 3.42. The average Bonchev–Trinajstić information content (AvgIpc) is 2.78. The normalized spacial score (nSPS) is 16.8. The Hall–Kier alpha value is -1.86. The number of aliphatic hydroxyl groups excluding tert-OH is 1. The van der Waals surface area contributed by atoms with E-state index in [9.17, 15) is 15.2 Å². The fourth-order valence-corrected chi connectivity index (χ4v) is 4.48. The molecule has 2 rings (SSSR count). The SMILES string of the molecule is CCCCCCCCCCCC(O)CC(=O)N1CCC(C#N)(c2ccccc2)CC1. The Labute approximate surface area is 183 Å². The fraction of sp³-hybridized carbons (Fsp3) is 0.692. The minimum Gasteiger partial charge on any atom is -0.393 e. The van der Waals surface area contributed by atoms with Crippen LogP contribution in [-0.4, -0.2) is 35.1 Å². The minimum atomic E-state index is -0.543. The van der Waals surface area contributed by atoms with Crippen LogP contribution in [0.25, 0.3) is 0 Å². The molecule has 1 atom stereocenters. The van der Waals surface area contributed by atoms with Gasteiger partial charge in [-0.15, -0.1) is 0 Å². The van der Waals surface area contributed by atoms with Crippen molar-refractivity contribution in [3.05, 3.63) is 35.9 Å². The van der Waals surface area contributed by atoms with Gasteiger partial charge in [0, 0.05) is 13.1 Å². The van der Waals surface area contributed by atoms with Crippen molar-refractivity contribution in [2.45, 2.75) is 102 Å². The molecule has 0 spiro atoms. The number of benzene rings is 1. The Morgan fingerprint density at radius 1 is 1.03 bits per heavy atom. The molecule has 0 saturated carbocycles. The molecule has 0 aliphatic carbocycles. The number of nitrogens with zero attached hydrogens (tertiary/aromatic N) is 2. The van der Waals surface area contributed by atoms with Crippen molar-refractivity contribution in [3.8, 4) is 6.07 Å². The zero-order valence-corrected chi connectivity index (χ0v) is 18.8. The number of nitriles is 1. The van der Waals surface area contributed by atoms with Crippen molar-refractivity contribution in [2.75, 3.05) is 13.1 Å². The zero-order valence-electron chi connectivity index (χ0n) is 18.8. The van der Waals surface area contributed by atoms with Gasteiger partial charge in [-0.2, -0.15) is 5.26 Å². The highest BCUT2D eigenvalue weighted by Crippen LogP contribution is 2.35. The quantitative estimate of drug-likeness (QED) is 0.420. The number of carbonyl (C=O) groups is 1. The summed E-state index contributed by atoms with van der Waals surface area (Å²) in [6.07, 6.45) is 13.0. The second kappa shape index (κ2) is 13.4. The highest BCUT2D eigenvalue weighted by Gasteiger charge is 2.37. The van der Waals surface area contributed by atoms with Crippen LogP contribution < -0.4 is 0 Å². The number of likely N-dealkylation sites (tertiary alicyclic amines) is 1. The van der Waals surface area contributed by atoms with Crippen LogP contribution in [0.15, 0.2) is 30.3 Å². The van der Waals surface area contributed by atoms with Crippen LogP contribution in [0.5, 0.6) is 0 Å². The number of aliphatic hydroxyl groups is 1. The summed E-state index contributed by atoms with van der Waals surface area (Å²) >= 11 is 0. The molecular weight excluding hydrogens is 372 g/mol. The number of rotatable bonds is 13. The molecule has 4 heteroatoms. The van der Waals surface area contributed by atoms with Gasteiger partial charge in [-0.1, -0.05) is 95.0 Å². The summed E-state index contributed by atoms with van der Waals surface area (Å²) < 4.78 is 0. The van der Waals surface area contributed by atoms with Crippen LogP contribution in [-0.2, 0) is 10.2 Å². The Kier molecular flexibility index (Phi) is 10.9. The van der Waals surface area contributed by atoms with E-state index < -0.39 is 11.5 Å². The molecular formula is C26H40N2O2.